The van der Waals surface area contributed by atoms with Crippen LogP contribution < -0.4 is 0 Å². The standard InChI is InChI=1S/C15H16Cl3NO/c1-2-10(14-7-9-20-19-14)11(6-8-16)15-12(17)4-3-5-13(15)18/h3-5,7,9-11H,2,6,8H2,1H3. The third kappa shape index (κ3) is 3.30. The molecule has 2 nitrogen and oxygen atoms in total. The van der Waals surface area contributed by atoms with Gasteiger partial charge in [0.15, 0.2) is 0 Å². The second-order valence-electron chi connectivity index (χ2n) is 4.66. The largest absolute Gasteiger partial charge is 0.365 e. The van der Waals surface area contributed by atoms with E-state index >= 15 is 0 Å². The normalized spacial score (nSPS) is 14.2. The zero-order valence-corrected chi connectivity index (χ0v) is 13.4. The predicted octanol–water partition coefficient (Wildman–Crippen LogP) is 5.89. The summed E-state index contributed by atoms with van der Waals surface area (Å²) in [5.74, 6) is 0.856. The van der Waals surface area contributed by atoms with Crippen LogP contribution in [0, 0.1) is 0 Å². The summed E-state index contributed by atoms with van der Waals surface area (Å²) in [6.45, 7) is 2.12. The number of rotatable bonds is 6. The van der Waals surface area contributed by atoms with Crippen LogP contribution in [-0.4, -0.2) is 11.0 Å². The minimum Gasteiger partial charge on any atom is -0.365 e. The molecule has 1 aromatic heterocycles. The average molecular weight is 333 g/mol. The van der Waals surface area contributed by atoms with Crippen molar-refractivity contribution in [2.75, 3.05) is 5.88 Å². The monoisotopic (exact) mass is 331 g/mol. The van der Waals surface area contributed by atoms with E-state index in [1.807, 2.05) is 24.3 Å². The first-order valence-electron chi connectivity index (χ1n) is 6.59. The Bertz CT molecular complexity index is 522. The summed E-state index contributed by atoms with van der Waals surface area (Å²) in [6.07, 6.45) is 3.29. The first-order valence-corrected chi connectivity index (χ1v) is 7.88. The van der Waals surface area contributed by atoms with E-state index in [1.54, 1.807) is 6.26 Å². The van der Waals surface area contributed by atoms with Crippen molar-refractivity contribution in [3.63, 3.8) is 0 Å². The fourth-order valence-electron chi connectivity index (χ4n) is 2.64. The van der Waals surface area contributed by atoms with Gasteiger partial charge in [0, 0.05) is 27.9 Å². The smallest absolute Gasteiger partial charge is 0.124 e. The molecule has 2 atom stereocenters. The van der Waals surface area contributed by atoms with Gasteiger partial charge in [0.2, 0.25) is 0 Å². The quantitative estimate of drug-likeness (QED) is 0.617. The molecule has 0 bridgehead atoms. The molecule has 0 aliphatic carbocycles. The minimum atomic E-state index is 0.129. The second kappa shape index (κ2) is 7.35. The number of nitrogens with zero attached hydrogens (tertiary/aromatic N) is 1. The van der Waals surface area contributed by atoms with Gasteiger partial charge in [0.05, 0.1) is 5.69 Å². The van der Waals surface area contributed by atoms with E-state index in [2.05, 4.69) is 12.1 Å². The van der Waals surface area contributed by atoms with E-state index in [1.165, 1.54) is 0 Å². The lowest BCUT2D eigenvalue weighted by Crippen LogP contribution is -2.13. The fourth-order valence-corrected chi connectivity index (χ4v) is 3.55. The van der Waals surface area contributed by atoms with E-state index in [-0.39, 0.29) is 11.8 Å². The SMILES string of the molecule is CCC(c1ccon1)C(CCCl)c1c(Cl)cccc1Cl. The van der Waals surface area contributed by atoms with E-state index in [0.717, 1.165) is 24.1 Å². The van der Waals surface area contributed by atoms with Crippen LogP contribution in [0.3, 0.4) is 0 Å². The van der Waals surface area contributed by atoms with Crippen LogP contribution >= 0.6 is 34.8 Å². The molecular weight excluding hydrogens is 317 g/mol. The zero-order valence-electron chi connectivity index (χ0n) is 11.2. The Balaban J connectivity index is 2.44. The van der Waals surface area contributed by atoms with Crippen LogP contribution in [0.15, 0.2) is 35.1 Å². The molecule has 108 valence electrons. The first kappa shape index (κ1) is 15.7. The van der Waals surface area contributed by atoms with Gasteiger partial charge in [-0.15, -0.1) is 11.6 Å². The van der Waals surface area contributed by atoms with Gasteiger partial charge in [-0.3, -0.25) is 0 Å². The Morgan fingerprint density at radius 3 is 2.35 bits per heavy atom. The molecule has 2 rings (SSSR count). The molecule has 1 aromatic carbocycles. The van der Waals surface area contributed by atoms with Crippen molar-refractivity contribution in [1.29, 1.82) is 0 Å². The van der Waals surface area contributed by atoms with E-state index < -0.39 is 0 Å². The summed E-state index contributed by atoms with van der Waals surface area (Å²) in [5, 5.41) is 5.42. The van der Waals surface area contributed by atoms with Gasteiger partial charge in [0.25, 0.3) is 0 Å². The zero-order chi connectivity index (χ0) is 14.5. The number of halogens is 3. The molecule has 0 saturated heterocycles. The molecule has 0 spiro atoms. The predicted molar refractivity (Wildman–Crippen MR) is 84.1 cm³/mol. The maximum absolute atomic E-state index is 6.35. The second-order valence-corrected chi connectivity index (χ2v) is 5.85. The molecule has 20 heavy (non-hydrogen) atoms. The van der Waals surface area contributed by atoms with E-state index in [4.69, 9.17) is 39.3 Å². The fraction of sp³-hybridized carbons (Fsp3) is 0.400. The lowest BCUT2D eigenvalue weighted by atomic mass is 9.80. The van der Waals surface area contributed by atoms with Crippen molar-refractivity contribution in [3.05, 3.63) is 51.8 Å². The van der Waals surface area contributed by atoms with Crippen molar-refractivity contribution in [2.24, 2.45) is 0 Å². The van der Waals surface area contributed by atoms with Crippen LogP contribution in [0.4, 0.5) is 0 Å². The van der Waals surface area contributed by atoms with Crippen molar-refractivity contribution in [2.45, 2.75) is 31.6 Å². The van der Waals surface area contributed by atoms with Crippen LogP contribution in [0.25, 0.3) is 0 Å². The Morgan fingerprint density at radius 2 is 1.85 bits per heavy atom. The Kier molecular flexibility index (Phi) is 5.76. The molecule has 0 saturated carbocycles. The summed E-state index contributed by atoms with van der Waals surface area (Å²) >= 11 is 18.7. The highest BCUT2D eigenvalue weighted by molar-refractivity contribution is 6.36. The third-order valence-electron chi connectivity index (χ3n) is 3.55. The van der Waals surface area contributed by atoms with Gasteiger partial charge in [-0.25, -0.2) is 0 Å². The van der Waals surface area contributed by atoms with Crippen molar-refractivity contribution < 1.29 is 4.52 Å². The summed E-state index contributed by atoms with van der Waals surface area (Å²) in [7, 11) is 0. The van der Waals surface area contributed by atoms with Crippen LogP contribution in [0.2, 0.25) is 10.0 Å². The highest BCUT2D eigenvalue weighted by Crippen LogP contribution is 2.43. The number of hydrogen-bond acceptors (Lipinski definition) is 2. The van der Waals surface area contributed by atoms with Crippen molar-refractivity contribution in [1.82, 2.24) is 5.16 Å². The molecule has 1 heterocycles. The van der Waals surface area contributed by atoms with Gasteiger partial charge in [-0.2, -0.15) is 0 Å². The van der Waals surface area contributed by atoms with Gasteiger partial charge < -0.3 is 4.52 Å². The summed E-state index contributed by atoms with van der Waals surface area (Å²) in [5.41, 5.74) is 1.87. The summed E-state index contributed by atoms with van der Waals surface area (Å²) in [6, 6.07) is 7.46. The molecule has 2 aromatic rings. The molecule has 0 aliphatic heterocycles. The Labute approximate surface area is 134 Å². The van der Waals surface area contributed by atoms with Crippen molar-refractivity contribution in [3.8, 4) is 0 Å². The highest BCUT2D eigenvalue weighted by atomic mass is 35.5. The van der Waals surface area contributed by atoms with Crippen LogP contribution in [-0.2, 0) is 0 Å². The third-order valence-corrected chi connectivity index (χ3v) is 4.43. The molecule has 0 aliphatic rings. The lowest BCUT2D eigenvalue weighted by Gasteiger charge is -2.26. The molecule has 0 amide bonds. The van der Waals surface area contributed by atoms with Gasteiger partial charge in [-0.1, -0.05) is 41.3 Å². The van der Waals surface area contributed by atoms with E-state index in [0.29, 0.717) is 15.9 Å². The topological polar surface area (TPSA) is 26.0 Å². The molecule has 0 fully saturated rings. The van der Waals surface area contributed by atoms with Gasteiger partial charge in [-0.05, 0) is 36.5 Å². The van der Waals surface area contributed by atoms with Gasteiger partial charge >= 0.3 is 0 Å². The van der Waals surface area contributed by atoms with Crippen LogP contribution in [0.1, 0.15) is 42.9 Å². The summed E-state index contributed by atoms with van der Waals surface area (Å²) < 4.78 is 4.97. The van der Waals surface area contributed by atoms with Crippen molar-refractivity contribution >= 4 is 34.8 Å². The Morgan fingerprint density at radius 1 is 1.15 bits per heavy atom. The highest BCUT2D eigenvalue weighted by Gasteiger charge is 2.28. The van der Waals surface area contributed by atoms with E-state index in [9.17, 15) is 0 Å². The molecule has 0 N–H and O–H groups in total. The Hall–Kier alpha value is -0.700. The maximum atomic E-state index is 6.35. The molecule has 2 unspecified atom stereocenters. The number of benzene rings is 1. The number of hydrogen-bond donors (Lipinski definition) is 0. The lowest BCUT2D eigenvalue weighted by molar-refractivity contribution is 0.392. The summed E-state index contributed by atoms with van der Waals surface area (Å²) in [4.78, 5) is 0. The minimum absolute atomic E-state index is 0.129. The maximum Gasteiger partial charge on any atom is 0.124 e. The molecular formula is C15H16Cl3NO. The number of alkyl halides is 1. The average Bonchev–Trinajstić information content (AvgIpc) is 2.93. The molecule has 0 radical (unpaired) electrons. The molecule has 5 heteroatoms. The van der Waals surface area contributed by atoms with Crippen LogP contribution in [0.5, 0.6) is 0 Å². The first-order chi connectivity index (χ1) is 9.69. The number of aromatic nitrogens is 1. The van der Waals surface area contributed by atoms with Gasteiger partial charge in [0.1, 0.15) is 6.26 Å².